The van der Waals surface area contributed by atoms with Gasteiger partial charge in [0.05, 0.1) is 12.2 Å². The SMILES string of the molecule is [CH2-]C(C(=O)NCCC(=O)N1Cc2ccccc2/C=C\c2ccccc21)S(=O)(=O)O.[Y]. The first kappa shape index (κ1) is 24.4. The van der Waals surface area contributed by atoms with Crippen LogP contribution in [0.1, 0.15) is 23.1 Å². The van der Waals surface area contributed by atoms with Crippen LogP contribution in [0.2, 0.25) is 0 Å². The number of para-hydroxylation sites is 1. The van der Waals surface area contributed by atoms with Gasteiger partial charge in [-0.3, -0.25) is 14.1 Å². The Kier molecular flexibility index (Phi) is 8.49. The summed E-state index contributed by atoms with van der Waals surface area (Å²) < 4.78 is 30.9. The molecule has 1 atom stereocenters. The number of anilines is 1. The Morgan fingerprint density at radius 3 is 2.37 bits per heavy atom. The first-order valence-corrected chi connectivity index (χ1v) is 10.5. The molecule has 0 fully saturated rings. The Bertz CT molecular complexity index is 1070. The average Bonchev–Trinajstić information content (AvgIpc) is 2.68. The molecule has 2 amide bonds. The van der Waals surface area contributed by atoms with E-state index in [1.54, 1.807) is 4.90 Å². The number of carbonyl (C=O) groups is 2. The minimum atomic E-state index is -4.58. The molecular weight excluding hydrogens is 481 g/mol. The van der Waals surface area contributed by atoms with Crippen molar-refractivity contribution in [1.82, 2.24) is 5.32 Å². The van der Waals surface area contributed by atoms with Crippen LogP contribution < -0.4 is 10.2 Å². The van der Waals surface area contributed by atoms with Crippen LogP contribution in [0.4, 0.5) is 5.69 Å². The largest absolute Gasteiger partial charge is 0.357 e. The van der Waals surface area contributed by atoms with Crippen LogP contribution in [0.15, 0.2) is 48.5 Å². The number of rotatable bonds is 5. The van der Waals surface area contributed by atoms with Crippen molar-refractivity contribution in [2.45, 2.75) is 18.2 Å². The Labute approximate surface area is 201 Å². The monoisotopic (exact) mass is 502 g/mol. The molecule has 155 valence electrons. The van der Waals surface area contributed by atoms with Gasteiger partial charge >= 0.3 is 0 Å². The summed E-state index contributed by atoms with van der Waals surface area (Å²) in [6, 6.07) is 15.3. The first-order chi connectivity index (χ1) is 13.8. The van der Waals surface area contributed by atoms with E-state index in [9.17, 15) is 18.0 Å². The molecule has 1 aliphatic heterocycles. The molecule has 0 saturated carbocycles. The fourth-order valence-corrected chi connectivity index (χ4v) is 3.40. The predicted molar refractivity (Wildman–Crippen MR) is 111 cm³/mol. The summed E-state index contributed by atoms with van der Waals surface area (Å²) in [6.45, 7) is 3.42. The van der Waals surface area contributed by atoms with Crippen LogP contribution in [0.3, 0.4) is 0 Å². The topological polar surface area (TPSA) is 104 Å². The van der Waals surface area contributed by atoms with Crippen molar-refractivity contribution in [3.63, 3.8) is 0 Å². The number of nitrogens with one attached hydrogen (secondary N) is 1. The van der Waals surface area contributed by atoms with Gasteiger partial charge in [0.2, 0.25) is 21.9 Å². The summed E-state index contributed by atoms with van der Waals surface area (Å²) in [5, 5.41) is 0.492. The molecule has 2 N–H and O–H groups in total. The van der Waals surface area contributed by atoms with Gasteiger partial charge in [-0.2, -0.15) is 0 Å². The Morgan fingerprint density at radius 1 is 1.07 bits per heavy atom. The number of benzene rings is 2. The van der Waals surface area contributed by atoms with Gasteiger partial charge in [-0.05, 0) is 22.8 Å². The molecule has 30 heavy (non-hydrogen) atoms. The second-order valence-electron chi connectivity index (χ2n) is 6.62. The molecule has 2 aromatic rings. The van der Waals surface area contributed by atoms with Gasteiger partial charge in [0.25, 0.3) is 0 Å². The molecule has 1 heterocycles. The fourth-order valence-electron chi connectivity index (χ4n) is 3.05. The molecule has 3 rings (SSSR count). The second-order valence-corrected chi connectivity index (χ2v) is 8.21. The molecular formula is C21H21N2O5SY-. The van der Waals surface area contributed by atoms with Crippen LogP contribution in [-0.2, 0) is 59.0 Å². The summed E-state index contributed by atoms with van der Waals surface area (Å²) in [5.74, 6) is -1.18. The molecule has 0 aromatic heterocycles. The molecule has 0 spiro atoms. The van der Waals surface area contributed by atoms with E-state index in [0.717, 1.165) is 22.4 Å². The zero-order valence-electron chi connectivity index (χ0n) is 16.2. The van der Waals surface area contributed by atoms with E-state index < -0.39 is 21.3 Å². The van der Waals surface area contributed by atoms with Gasteiger partial charge in [-0.15, -0.1) is 0 Å². The van der Waals surface area contributed by atoms with E-state index in [1.165, 1.54) is 0 Å². The molecule has 9 heteroatoms. The van der Waals surface area contributed by atoms with Gasteiger partial charge in [0, 0.05) is 50.9 Å². The molecule has 7 nitrogen and oxygen atoms in total. The Balaban J connectivity index is 0.00000320. The van der Waals surface area contributed by atoms with E-state index in [4.69, 9.17) is 4.55 Å². The van der Waals surface area contributed by atoms with E-state index >= 15 is 0 Å². The third-order valence-corrected chi connectivity index (χ3v) is 5.58. The number of nitrogens with zero attached hydrogens (tertiary/aromatic N) is 1. The second kappa shape index (κ2) is 10.4. The van der Waals surface area contributed by atoms with Crippen molar-refractivity contribution < 1.29 is 55.3 Å². The van der Waals surface area contributed by atoms with Crippen molar-refractivity contribution in [3.8, 4) is 0 Å². The zero-order valence-corrected chi connectivity index (χ0v) is 19.8. The van der Waals surface area contributed by atoms with E-state index in [2.05, 4.69) is 12.2 Å². The number of carbonyl (C=O) groups excluding carboxylic acids is 2. The third-order valence-electron chi connectivity index (χ3n) is 4.64. The molecule has 2 aromatic carbocycles. The first-order valence-electron chi connectivity index (χ1n) is 9.00. The van der Waals surface area contributed by atoms with Gasteiger partial charge < -0.3 is 17.1 Å². The van der Waals surface area contributed by atoms with Gasteiger partial charge in [0.15, 0.2) is 0 Å². The van der Waals surface area contributed by atoms with Crippen LogP contribution in [0.5, 0.6) is 0 Å². The number of hydrogen-bond donors (Lipinski definition) is 2. The van der Waals surface area contributed by atoms with Gasteiger partial charge in [-0.25, -0.2) is 8.42 Å². The van der Waals surface area contributed by atoms with E-state index in [0.29, 0.717) is 6.54 Å². The van der Waals surface area contributed by atoms with Crippen molar-refractivity contribution in [2.24, 2.45) is 0 Å². The maximum atomic E-state index is 13.0. The summed E-state index contributed by atoms with van der Waals surface area (Å²) in [7, 11) is -4.58. The molecule has 0 saturated heterocycles. The zero-order chi connectivity index (χ0) is 21.0. The van der Waals surface area contributed by atoms with Crippen LogP contribution in [0.25, 0.3) is 12.2 Å². The average molecular weight is 502 g/mol. The fraction of sp³-hybridized carbons (Fsp3) is 0.190. The number of hydrogen-bond acceptors (Lipinski definition) is 4. The summed E-state index contributed by atoms with van der Waals surface area (Å²) in [5.41, 5.74) is 3.65. The summed E-state index contributed by atoms with van der Waals surface area (Å²) in [6.07, 6.45) is 3.93. The van der Waals surface area contributed by atoms with Crippen molar-refractivity contribution >= 4 is 39.8 Å². The summed E-state index contributed by atoms with van der Waals surface area (Å²) in [4.78, 5) is 26.4. The molecule has 0 bridgehead atoms. The van der Waals surface area contributed by atoms with E-state index in [1.807, 2.05) is 60.7 Å². The smallest absolute Gasteiger partial charge is 0.247 e. The van der Waals surface area contributed by atoms with Gasteiger partial charge in [-0.1, -0.05) is 54.6 Å². The number of amides is 2. The van der Waals surface area contributed by atoms with Crippen molar-refractivity contribution in [1.29, 1.82) is 0 Å². The maximum Gasteiger partial charge on any atom is 0.247 e. The van der Waals surface area contributed by atoms with Crippen molar-refractivity contribution in [3.05, 3.63) is 72.1 Å². The number of fused-ring (bicyclic) bond motifs is 2. The minimum absolute atomic E-state index is 0. The van der Waals surface area contributed by atoms with Crippen LogP contribution in [-0.4, -0.2) is 36.6 Å². The summed E-state index contributed by atoms with van der Waals surface area (Å²) >= 11 is 0. The normalized spacial score (nSPS) is 14.8. The standard InChI is InChI=1S/C21H21N2O5S.Y/c1-15(29(26,27)28)21(25)22-13-12-20(24)23-14-18-8-3-2-6-16(18)10-11-17-7-4-5-9-19(17)23;/h2-11,15H,1,12-14H2,(H,22,25)(H,26,27,28);/q-1;/b11-10-;. The molecule has 1 radical (unpaired) electrons. The van der Waals surface area contributed by atoms with Crippen LogP contribution >= 0.6 is 0 Å². The molecule has 1 aliphatic rings. The maximum absolute atomic E-state index is 13.0. The Morgan fingerprint density at radius 2 is 1.67 bits per heavy atom. The van der Waals surface area contributed by atoms with E-state index in [-0.39, 0.29) is 51.6 Å². The van der Waals surface area contributed by atoms with Crippen molar-refractivity contribution in [2.75, 3.05) is 11.4 Å². The van der Waals surface area contributed by atoms with Crippen LogP contribution in [0, 0.1) is 6.92 Å². The molecule has 1 unspecified atom stereocenters. The van der Waals surface area contributed by atoms with Gasteiger partial charge in [0.1, 0.15) is 0 Å². The Hall–Kier alpha value is -1.87. The molecule has 0 aliphatic carbocycles. The third kappa shape index (κ3) is 5.85. The predicted octanol–water partition coefficient (Wildman–Crippen LogP) is 2.30. The minimum Gasteiger partial charge on any atom is -0.357 e. The quantitative estimate of drug-likeness (QED) is 0.483.